The lowest BCUT2D eigenvalue weighted by atomic mass is 9.73. The maximum absolute atomic E-state index is 13.5. The van der Waals surface area contributed by atoms with Crippen LogP contribution in [0, 0.1) is 5.92 Å². The monoisotopic (exact) mass is 411 g/mol. The van der Waals surface area contributed by atoms with Crippen LogP contribution in [0.2, 0.25) is 0 Å². The summed E-state index contributed by atoms with van der Waals surface area (Å²) in [5, 5.41) is 4.95. The zero-order valence-corrected chi connectivity index (χ0v) is 17.3. The number of hydrogen-bond acceptors (Lipinski definition) is 3. The van der Waals surface area contributed by atoms with E-state index in [0.29, 0.717) is 17.5 Å². The van der Waals surface area contributed by atoms with Crippen LogP contribution < -0.4 is 10.2 Å². The number of anilines is 1. The molecule has 2 aliphatic carbocycles. The van der Waals surface area contributed by atoms with E-state index in [-0.39, 0.29) is 23.9 Å². The zero-order chi connectivity index (χ0) is 20.9. The highest BCUT2D eigenvalue weighted by molar-refractivity contribution is 6.20. The van der Waals surface area contributed by atoms with Crippen molar-refractivity contribution in [1.82, 2.24) is 10.3 Å². The Kier molecular flexibility index (Phi) is 4.30. The van der Waals surface area contributed by atoms with Gasteiger partial charge in [0.25, 0.3) is 0 Å². The molecule has 5 nitrogen and oxygen atoms in total. The summed E-state index contributed by atoms with van der Waals surface area (Å²) in [4.78, 5) is 32.2. The van der Waals surface area contributed by atoms with E-state index in [4.69, 9.17) is 0 Å². The summed E-state index contributed by atoms with van der Waals surface area (Å²) in [6, 6.07) is 16.1. The quantitative estimate of drug-likeness (QED) is 0.651. The van der Waals surface area contributed by atoms with Gasteiger partial charge in [0.1, 0.15) is 0 Å². The van der Waals surface area contributed by atoms with Crippen LogP contribution in [-0.4, -0.2) is 23.0 Å². The van der Waals surface area contributed by atoms with Crippen LogP contribution in [0.5, 0.6) is 0 Å². The zero-order valence-electron chi connectivity index (χ0n) is 17.3. The maximum atomic E-state index is 13.5. The summed E-state index contributed by atoms with van der Waals surface area (Å²) in [6.45, 7) is 0. The fraction of sp³-hybridized carbons (Fsp3) is 0.346. The van der Waals surface area contributed by atoms with Gasteiger partial charge in [0.15, 0.2) is 0 Å². The molecular weight excluding hydrogens is 386 g/mol. The smallest absolute Gasteiger partial charge is 0.329 e. The Morgan fingerprint density at radius 2 is 1.55 bits per heavy atom. The molecule has 3 aliphatic rings. The SMILES string of the molecule is O=C1NC2CC(c3ccccc3C3CC3)CCC2C(=O)N1c1cncc2ccccc12. The molecule has 2 heterocycles. The molecule has 2 saturated carbocycles. The van der Waals surface area contributed by atoms with E-state index in [1.807, 2.05) is 24.3 Å². The fourth-order valence-corrected chi connectivity index (χ4v) is 5.55. The molecule has 5 heteroatoms. The van der Waals surface area contributed by atoms with Crippen molar-refractivity contribution in [2.75, 3.05) is 4.90 Å². The third-order valence-corrected chi connectivity index (χ3v) is 7.24. The molecule has 1 saturated heterocycles. The lowest BCUT2D eigenvalue weighted by Gasteiger charge is -2.42. The minimum absolute atomic E-state index is 0.0965. The number of rotatable bonds is 3. The predicted molar refractivity (Wildman–Crippen MR) is 120 cm³/mol. The van der Waals surface area contributed by atoms with Gasteiger partial charge in [-0.05, 0) is 55.1 Å². The van der Waals surface area contributed by atoms with E-state index in [1.54, 1.807) is 12.4 Å². The van der Waals surface area contributed by atoms with Crippen molar-refractivity contribution < 1.29 is 9.59 Å². The summed E-state index contributed by atoms with van der Waals surface area (Å²) >= 11 is 0. The van der Waals surface area contributed by atoms with Crippen molar-refractivity contribution >= 4 is 28.4 Å². The van der Waals surface area contributed by atoms with Crippen LogP contribution in [0.1, 0.15) is 55.1 Å². The van der Waals surface area contributed by atoms with Crippen molar-refractivity contribution in [2.24, 2.45) is 5.92 Å². The summed E-state index contributed by atoms with van der Waals surface area (Å²) in [5.74, 6) is 0.824. The third-order valence-electron chi connectivity index (χ3n) is 7.24. The second kappa shape index (κ2) is 7.19. The van der Waals surface area contributed by atoms with E-state index >= 15 is 0 Å². The molecule has 2 aromatic carbocycles. The number of hydrogen-bond donors (Lipinski definition) is 1. The first-order chi connectivity index (χ1) is 15.2. The van der Waals surface area contributed by atoms with Crippen LogP contribution in [-0.2, 0) is 4.79 Å². The molecule has 3 amide bonds. The fourth-order valence-electron chi connectivity index (χ4n) is 5.55. The summed E-state index contributed by atoms with van der Waals surface area (Å²) in [5.41, 5.74) is 3.47. The van der Waals surface area contributed by atoms with Crippen LogP contribution in [0.4, 0.5) is 10.5 Å². The highest BCUT2D eigenvalue weighted by atomic mass is 16.2. The average Bonchev–Trinajstić information content (AvgIpc) is 3.64. The number of carbonyl (C=O) groups excluding carboxylic acids is 2. The molecule has 0 spiro atoms. The molecule has 3 atom stereocenters. The molecule has 31 heavy (non-hydrogen) atoms. The first-order valence-corrected chi connectivity index (χ1v) is 11.3. The summed E-state index contributed by atoms with van der Waals surface area (Å²) < 4.78 is 0. The second-order valence-electron chi connectivity index (χ2n) is 9.13. The van der Waals surface area contributed by atoms with Crippen LogP contribution in [0.3, 0.4) is 0 Å². The topological polar surface area (TPSA) is 62.3 Å². The number of nitrogens with zero attached hydrogens (tertiary/aromatic N) is 2. The molecule has 1 aromatic heterocycles. The highest BCUT2D eigenvalue weighted by Crippen LogP contribution is 2.47. The number of imide groups is 1. The Labute approximate surface area is 181 Å². The standard InChI is InChI=1S/C26H25N3O2/c30-25-22-12-11-17(20-7-4-3-6-19(20)16-9-10-16)13-23(22)28-26(31)29(25)24-15-27-14-18-5-1-2-8-21(18)24/h1-8,14-17,22-23H,9-13H2,(H,28,31). The van der Waals surface area contributed by atoms with E-state index in [1.165, 1.54) is 28.9 Å². The van der Waals surface area contributed by atoms with Gasteiger partial charge >= 0.3 is 6.03 Å². The number of amides is 3. The van der Waals surface area contributed by atoms with Crippen molar-refractivity contribution in [3.05, 3.63) is 72.1 Å². The van der Waals surface area contributed by atoms with Crippen LogP contribution in [0.15, 0.2) is 60.9 Å². The van der Waals surface area contributed by atoms with Crippen molar-refractivity contribution in [3.63, 3.8) is 0 Å². The minimum Gasteiger partial charge on any atom is -0.334 e. The molecule has 1 N–H and O–H groups in total. The lowest BCUT2D eigenvalue weighted by Crippen LogP contribution is -2.61. The molecule has 156 valence electrons. The lowest BCUT2D eigenvalue weighted by molar-refractivity contribution is -0.124. The van der Waals surface area contributed by atoms with Gasteiger partial charge in [0.2, 0.25) is 5.91 Å². The van der Waals surface area contributed by atoms with Gasteiger partial charge in [-0.15, -0.1) is 0 Å². The Morgan fingerprint density at radius 3 is 2.35 bits per heavy atom. The average molecular weight is 412 g/mol. The van der Waals surface area contributed by atoms with Gasteiger partial charge in [-0.2, -0.15) is 0 Å². The van der Waals surface area contributed by atoms with E-state index in [0.717, 1.165) is 30.0 Å². The highest BCUT2D eigenvalue weighted by Gasteiger charge is 2.45. The Morgan fingerprint density at radius 1 is 0.839 bits per heavy atom. The predicted octanol–water partition coefficient (Wildman–Crippen LogP) is 5.12. The normalized spacial score (nSPS) is 25.9. The van der Waals surface area contributed by atoms with Crippen LogP contribution >= 0.6 is 0 Å². The number of benzene rings is 2. The molecular formula is C26H25N3O2. The first kappa shape index (κ1) is 18.6. The van der Waals surface area contributed by atoms with Crippen LogP contribution in [0.25, 0.3) is 10.8 Å². The second-order valence-corrected chi connectivity index (χ2v) is 9.13. The minimum atomic E-state index is -0.333. The number of nitrogens with one attached hydrogen (secondary N) is 1. The van der Waals surface area contributed by atoms with Crippen molar-refractivity contribution in [2.45, 2.75) is 50.0 Å². The molecule has 6 rings (SSSR count). The maximum Gasteiger partial charge on any atom is 0.329 e. The summed E-state index contributed by atoms with van der Waals surface area (Å²) in [7, 11) is 0. The van der Waals surface area contributed by atoms with Crippen molar-refractivity contribution in [1.29, 1.82) is 0 Å². The number of aromatic nitrogens is 1. The van der Waals surface area contributed by atoms with E-state index in [9.17, 15) is 9.59 Å². The number of fused-ring (bicyclic) bond motifs is 2. The molecule has 3 aromatic rings. The first-order valence-electron chi connectivity index (χ1n) is 11.3. The number of carbonyl (C=O) groups is 2. The number of urea groups is 1. The van der Waals surface area contributed by atoms with Gasteiger partial charge < -0.3 is 5.32 Å². The van der Waals surface area contributed by atoms with E-state index < -0.39 is 0 Å². The van der Waals surface area contributed by atoms with Crippen molar-refractivity contribution in [3.8, 4) is 0 Å². The molecule has 0 bridgehead atoms. The Bertz CT molecular complexity index is 1180. The van der Waals surface area contributed by atoms with Gasteiger partial charge in [-0.1, -0.05) is 48.5 Å². The number of pyridine rings is 1. The Hall–Kier alpha value is -3.21. The summed E-state index contributed by atoms with van der Waals surface area (Å²) in [6.07, 6.45) is 8.54. The third kappa shape index (κ3) is 3.11. The molecule has 3 unspecified atom stereocenters. The van der Waals surface area contributed by atoms with Gasteiger partial charge in [-0.25, -0.2) is 9.69 Å². The van der Waals surface area contributed by atoms with Gasteiger partial charge in [0, 0.05) is 23.0 Å². The molecule has 1 aliphatic heterocycles. The Balaban J connectivity index is 1.29. The van der Waals surface area contributed by atoms with Gasteiger partial charge in [-0.3, -0.25) is 9.78 Å². The van der Waals surface area contributed by atoms with Gasteiger partial charge in [0.05, 0.1) is 17.8 Å². The molecule has 3 fully saturated rings. The molecule has 0 radical (unpaired) electrons. The van der Waals surface area contributed by atoms with E-state index in [2.05, 4.69) is 34.6 Å². The largest absolute Gasteiger partial charge is 0.334 e.